The first-order valence-corrected chi connectivity index (χ1v) is 12.1. The number of hydrogen-bond donors (Lipinski definition) is 0. The van der Waals surface area contributed by atoms with Gasteiger partial charge in [0, 0.05) is 43.3 Å². The monoisotopic (exact) mass is 479 g/mol. The van der Waals surface area contributed by atoms with Gasteiger partial charge in [-0.25, -0.2) is 4.39 Å². The SMILES string of the molecule is COc1ccc(-c2noc(CN3CCC(C(=O)N4CCN(c5ccc(F)cc5)CC4)CC3)n2)cc1. The van der Waals surface area contributed by atoms with E-state index in [1.807, 2.05) is 29.2 Å². The number of ether oxygens (including phenoxy) is 1. The van der Waals surface area contributed by atoms with E-state index in [1.54, 1.807) is 19.2 Å². The molecule has 2 saturated heterocycles. The maximum atomic E-state index is 13.2. The van der Waals surface area contributed by atoms with Crippen LogP contribution < -0.4 is 9.64 Å². The highest BCUT2D eigenvalue weighted by atomic mass is 19.1. The van der Waals surface area contributed by atoms with Gasteiger partial charge in [0.1, 0.15) is 11.6 Å². The Bertz CT molecular complexity index is 1120. The molecule has 1 amide bonds. The number of carbonyl (C=O) groups excluding carboxylic acids is 1. The third-order valence-corrected chi connectivity index (χ3v) is 6.90. The summed E-state index contributed by atoms with van der Waals surface area (Å²) in [6, 6.07) is 14.1. The average Bonchev–Trinajstić information content (AvgIpc) is 3.38. The van der Waals surface area contributed by atoms with Crippen molar-refractivity contribution in [1.82, 2.24) is 19.9 Å². The van der Waals surface area contributed by atoms with Crippen LogP contribution in [-0.2, 0) is 11.3 Å². The van der Waals surface area contributed by atoms with Gasteiger partial charge in [-0.3, -0.25) is 9.69 Å². The summed E-state index contributed by atoms with van der Waals surface area (Å²) in [7, 11) is 1.63. The van der Waals surface area contributed by atoms with E-state index in [9.17, 15) is 9.18 Å². The molecule has 0 radical (unpaired) electrons. The zero-order chi connectivity index (χ0) is 24.2. The molecule has 35 heavy (non-hydrogen) atoms. The maximum Gasteiger partial charge on any atom is 0.241 e. The van der Waals surface area contributed by atoms with Crippen molar-refractivity contribution >= 4 is 11.6 Å². The van der Waals surface area contributed by atoms with Gasteiger partial charge in [0.15, 0.2) is 0 Å². The number of likely N-dealkylation sites (tertiary alicyclic amines) is 1. The number of anilines is 1. The van der Waals surface area contributed by atoms with Gasteiger partial charge in [0.05, 0.1) is 13.7 Å². The molecule has 9 heteroatoms. The minimum atomic E-state index is -0.231. The molecule has 8 nitrogen and oxygen atoms in total. The molecule has 2 aromatic carbocycles. The summed E-state index contributed by atoms with van der Waals surface area (Å²) in [5.41, 5.74) is 1.88. The molecule has 3 aromatic rings. The fraction of sp³-hybridized carbons (Fsp3) is 0.423. The molecule has 0 spiro atoms. The lowest BCUT2D eigenvalue weighted by Gasteiger charge is -2.39. The number of piperidine rings is 1. The van der Waals surface area contributed by atoms with Crippen molar-refractivity contribution in [2.45, 2.75) is 19.4 Å². The summed E-state index contributed by atoms with van der Waals surface area (Å²) >= 11 is 0. The van der Waals surface area contributed by atoms with Crippen molar-refractivity contribution in [3.8, 4) is 17.1 Å². The van der Waals surface area contributed by atoms with Gasteiger partial charge in [-0.1, -0.05) is 5.16 Å². The maximum absolute atomic E-state index is 13.2. The number of halogens is 1. The van der Waals surface area contributed by atoms with Crippen LogP contribution in [0, 0.1) is 11.7 Å². The second-order valence-corrected chi connectivity index (χ2v) is 9.08. The molecule has 5 rings (SSSR count). The molecule has 0 atom stereocenters. The van der Waals surface area contributed by atoms with Gasteiger partial charge in [0.2, 0.25) is 17.6 Å². The molecule has 2 fully saturated rings. The molecule has 3 heterocycles. The summed E-state index contributed by atoms with van der Waals surface area (Å²) in [4.78, 5) is 24.1. The Morgan fingerprint density at radius 3 is 2.34 bits per heavy atom. The second kappa shape index (κ2) is 10.4. The van der Waals surface area contributed by atoms with E-state index in [1.165, 1.54) is 12.1 Å². The van der Waals surface area contributed by atoms with E-state index in [2.05, 4.69) is 19.9 Å². The number of hydrogen-bond acceptors (Lipinski definition) is 7. The second-order valence-electron chi connectivity index (χ2n) is 9.08. The number of piperazine rings is 1. The Balaban J connectivity index is 1.08. The molecule has 2 aliphatic heterocycles. The zero-order valence-corrected chi connectivity index (χ0v) is 19.9. The van der Waals surface area contributed by atoms with Crippen LogP contribution in [0.3, 0.4) is 0 Å². The van der Waals surface area contributed by atoms with Gasteiger partial charge >= 0.3 is 0 Å². The Morgan fingerprint density at radius 1 is 1.00 bits per heavy atom. The van der Waals surface area contributed by atoms with Crippen LogP contribution in [0.15, 0.2) is 53.1 Å². The molecule has 0 saturated carbocycles. The first-order valence-electron chi connectivity index (χ1n) is 12.1. The number of nitrogens with zero attached hydrogens (tertiary/aromatic N) is 5. The Hall–Kier alpha value is -3.46. The molecule has 0 N–H and O–H groups in total. The van der Waals surface area contributed by atoms with Crippen LogP contribution in [0.4, 0.5) is 10.1 Å². The topological polar surface area (TPSA) is 74.9 Å². The van der Waals surface area contributed by atoms with Gasteiger partial charge in [-0.2, -0.15) is 4.98 Å². The molecule has 0 unspecified atom stereocenters. The lowest BCUT2D eigenvalue weighted by Crippen LogP contribution is -2.51. The Labute approximate surface area is 204 Å². The van der Waals surface area contributed by atoms with Gasteiger partial charge < -0.3 is 19.1 Å². The van der Waals surface area contributed by atoms with Crippen LogP contribution >= 0.6 is 0 Å². The Kier molecular flexibility index (Phi) is 6.94. The van der Waals surface area contributed by atoms with Gasteiger partial charge in [-0.15, -0.1) is 0 Å². The summed E-state index contributed by atoms with van der Waals surface area (Å²) in [5, 5.41) is 4.11. The van der Waals surface area contributed by atoms with Gasteiger partial charge in [0.25, 0.3) is 0 Å². The lowest BCUT2D eigenvalue weighted by atomic mass is 9.95. The lowest BCUT2D eigenvalue weighted by molar-refractivity contribution is -0.137. The van der Waals surface area contributed by atoms with Crippen molar-refractivity contribution in [3.63, 3.8) is 0 Å². The first kappa shape index (κ1) is 23.3. The van der Waals surface area contributed by atoms with Crippen molar-refractivity contribution in [3.05, 3.63) is 60.2 Å². The average molecular weight is 480 g/mol. The minimum Gasteiger partial charge on any atom is -0.497 e. The fourth-order valence-corrected chi connectivity index (χ4v) is 4.80. The molecule has 0 bridgehead atoms. The third-order valence-electron chi connectivity index (χ3n) is 6.90. The largest absolute Gasteiger partial charge is 0.497 e. The molecular formula is C26H30FN5O3. The minimum absolute atomic E-state index is 0.0566. The standard InChI is InChI=1S/C26H30FN5O3/c1-34-23-8-2-19(3-9-23)25-28-24(35-29-25)18-30-12-10-20(11-13-30)26(33)32-16-14-31(15-17-32)22-6-4-21(27)5-7-22/h2-9,20H,10-18H2,1H3. The van der Waals surface area contributed by atoms with Crippen molar-refractivity contribution in [2.24, 2.45) is 5.92 Å². The predicted molar refractivity (Wildman–Crippen MR) is 129 cm³/mol. The van der Waals surface area contributed by atoms with Crippen LogP contribution in [0.5, 0.6) is 5.75 Å². The van der Waals surface area contributed by atoms with Crippen LogP contribution in [0.1, 0.15) is 18.7 Å². The number of rotatable bonds is 6. The summed E-state index contributed by atoms with van der Waals surface area (Å²) in [6.07, 6.45) is 1.66. The molecular weight excluding hydrogens is 449 g/mol. The number of benzene rings is 2. The van der Waals surface area contributed by atoms with Crippen LogP contribution in [-0.4, -0.2) is 72.2 Å². The molecule has 1 aromatic heterocycles. The Morgan fingerprint density at radius 2 is 1.69 bits per heavy atom. The third kappa shape index (κ3) is 5.45. The van der Waals surface area contributed by atoms with E-state index in [0.29, 0.717) is 31.3 Å². The highest BCUT2D eigenvalue weighted by Gasteiger charge is 2.31. The van der Waals surface area contributed by atoms with Crippen molar-refractivity contribution in [1.29, 1.82) is 0 Å². The number of aromatic nitrogens is 2. The van der Waals surface area contributed by atoms with E-state index in [4.69, 9.17) is 9.26 Å². The van der Waals surface area contributed by atoms with Crippen molar-refractivity contribution in [2.75, 3.05) is 51.3 Å². The molecule has 184 valence electrons. The number of amides is 1. The van der Waals surface area contributed by atoms with E-state index >= 15 is 0 Å². The van der Waals surface area contributed by atoms with E-state index < -0.39 is 0 Å². The normalized spacial score (nSPS) is 17.5. The smallest absolute Gasteiger partial charge is 0.241 e. The van der Waals surface area contributed by atoms with Gasteiger partial charge in [-0.05, 0) is 74.5 Å². The number of carbonyl (C=O) groups is 1. The van der Waals surface area contributed by atoms with Crippen molar-refractivity contribution < 1.29 is 18.4 Å². The zero-order valence-electron chi connectivity index (χ0n) is 19.9. The first-order chi connectivity index (χ1) is 17.1. The highest BCUT2D eigenvalue weighted by molar-refractivity contribution is 5.79. The quantitative estimate of drug-likeness (QED) is 0.536. The van der Waals surface area contributed by atoms with Crippen LogP contribution in [0.2, 0.25) is 0 Å². The fourth-order valence-electron chi connectivity index (χ4n) is 4.80. The highest BCUT2D eigenvalue weighted by Crippen LogP contribution is 2.24. The summed E-state index contributed by atoms with van der Waals surface area (Å²) < 4.78 is 23.8. The van der Waals surface area contributed by atoms with E-state index in [0.717, 1.165) is 56.0 Å². The molecule has 0 aliphatic carbocycles. The summed E-state index contributed by atoms with van der Waals surface area (Å²) in [5.74, 6) is 2.00. The molecule has 2 aliphatic rings. The number of methoxy groups -OCH3 is 1. The van der Waals surface area contributed by atoms with E-state index in [-0.39, 0.29) is 17.6 Å². The van der Waals surface area contributed by atoms with Crippen LogP contribution in [0.25, 0.3) is 11.4 Å². The predicted octanol–water partition coefficient (Wildman–Crippen LogP) is 3.45. The summed E-state index contributed by atoms with van der Waals surface area (Å²) in [6.45, 7) is 5.17.